The normalized spacial score (nSPS) is 14.1. The van der Waals surface area contributed by atoms with Crippen molar-refractivity contribution in [2.75, 3.05) is 0 Å². The van der Waals surface area contributed by atoms with Gasteiger partial charge in [0.05, 0.1) is 0 Å². The number of hydrogen-bond donors (Lipinski definition) is 1. The van der Waals surface area contributed by atoms with Gasteiger partial charge in [0.15, 0.2) is 10.9 Å². The van der Waals surface area contributed by atoms with Crippen LogP contribution < -0.4 is 5.32 Å². The number of hydrogen-bond acceptors (Lipinski definition) is 5. The average Bonchev–Trinajstić information content (AvgIpc) is 3.32. The number of aromatic nitrogens is 2. The van der Waals surface area contributed by atoms with Crippen molar-refractivity contribution in [3.8, 4) is 0 Å². The quantitative estimate of drug-likeness (QED) is 0.575. The number of rotatable bonds is 5. The summed E-state index contributed by atoms with van der Waals surface area (Å²) in [5, 5.41) is 4.65. The highest BCUT2D eigenvalue weighted by Gasteiger charge is 2.27. The van der Waals surface area contributed by atoms with Gasteiger partial charge in [-0.05, 0) is 25.0 Å². The molecule has 6 heteroatoms. The number of nitrogens with one attached hydrogen (secondary N) is 1. The molecular formula is C17H15N3O2S. The van der Waals surface area contributed by atoms with E-state index in [1.807, 2.05) is 24.3 Å². The molecule has 1 amide bonds. The third-order valence-electron chi connectivity index (χ3n) is 3.70. The van der Waals surface area contributed by atoms with Crippen LogP contribution in [0, 0.1) is 0 Å². The second kappa shape index (κ2) is 6.04. The maximum Gasteiger partial charge on any atom is 0.287 e. The lowest BCUT2D eigenvalue weighted by Crippen LogP contribution is -2.25. The highest BCUT2D eigenvalue weighted by atomic mass is 32.2. The van der Waals surface area contributed by atoms with Crippen molar-refractivity contribution in [2.24, 2.45) is 0 Å². The molecule has 0 aliphatic heterocycles. The van der Waals surface area contributed by atoms with E-state index in [0.717, 1.165) is 29.4 Å². The molecule has 0 bridgehead atoms. The fourth-order valence-electron chi connectivity index (χ4n) is 2.40. The lowest BCUT2D eigenvalue weighted by atomic mass is 10.1. The first kappa shape index (κ1) is 14.3. The van der Waals surface area contributed by atoms with E-state index in [-0.39, 0.29) is 5.91 Å². The Morgan fingerprint density at radius 1 is 1.22 bits per heavy atom. The standard InChI is InChI=1S/C17H15N3O2S/c21-16(20-11-6-7-11)15-13(10-23-17-18-8-3-9-19-17)12-4-1-2-5-14(12)22-15/h1-5,8-9,11H,6-7,10H2,(H,20,21). The molecule has 3 aromatic rings. The molecule has 0 radical (unpaired) electrons. The van der Waals surface area contributed by atoms with E-state index in [1.165, 1.54) is 11.8 Å². The van der Waals surface area contributed by atoms with Crippen LogP contribution in [-0.4, -0.2) is 21.9 Å². The van der Waals surface area contributed by atoms with Crippen molar-refractivity contribution in [1.82, 2.24) is 15.3 Å². The Balaban J connectivity index is 1.65. The number of benzene rings is 1. The lowest BCUT2D eigenvalue weighted by molar-refractivity contribution is 0.0924. The minimum Gasteiger partial charge on any atom is -0.451 e. The summed E-state index contributed by atoms with van der Waals surface area (Å²) in [6.07, 6.45) is 5.52. The van der Waals surface area contributed by atoms with E-state index in [2.05, 4.69) is 15.3 Å². The van der Waals surface area contributed by atoms with Crippen molar-refractivity contribution in [3.05, 3.63) is 54.0 Å². The van der Waals surface area contributed by atoms with Crippen molar-refractivity contribution in [2.45, 2.75) is 29.8 Å². The number of carbonyl (C=O) groups excluding carboxylic acids is 1. The number of fused-ring (bicyclic) bond motifs is 1. The Morgan fingerprint density at radius 2 is 2.00 bits per heavy atom. The molecule has 1 saturated carbocycles. The Labute approximate surface area is 137 Å². The number of nitrogens with zero attached hydrogens (tertiary/aromatic N) is 2. The Kier molecular flexibility index (Phi) is 3.75. The van der Waals surface area contributed by atoms with Gasteiger partial charge in [-0.15, -0.1) is 0 Å². The summed E-state index contributed by atoms with van der Waals surface area (Å²) in [5.74, 6) is 0.865. The second-order valence-corrected chi connectivity index (χ2v) is 6.42. The Bertz CT molecular complexity index is 843. The molecule has 1 aliphatic carbocycles. The van der Waals surface area contributed by atoms with Crippen molar-refractivity contribution in [1.29, 1.82) is 0 Å². The van der Waals surface area contributed by atoms with Gasteiger partial charge < -0.3 is 9.73 Å². The Hall–Kier alpha value is -2.34. The van der Waals surface area contributed by atoms with Gasteiger partial charge in [0.1, 0.15) is 5.58 Å². The first-order valence-corrected chi connectivity index (χ1v) is 8.51. The smallest absolute Gasteiger partial charge is 0.287 e. The molecule has 2 heterocycles. The van der Waals surface area contributed by atoms with Crippen LogP contribution in [0.4, 0.5) is 0 Å². The van der Waals surface area contributed by atoms with Gasteiger partial charge in [-0.1, -0.05) is 30.0 Å². The first-order valence-electron chi connectivity index (χ1n) is 7.52. The maximum atomic E-state index is 12.5. The molecule has 1 aromatic carbocycles. The minimum absolute atomic E-state index is 0.131. The van der Waals surface area contributed by atoms with Crippen LogP contribution >= 0.6 is 11.8 Å². The predicted molar refractivity (Wildman–Crippen MR) is 88.3 cm³/mol. The lowest BCUT2D eigenvalue weighted by Gasteiger charge is -2.03. The molecule has 4 rings (SSSR count). The third-order valence-corrected chi connectivity index (χ3v) is 4.61. The van der Waals surface area contributed by atoms with Gasteiger partial charge in [-0.2, -0.15) is 0 Å². The summed E-state index contributed by atoms with van der Waals surface area (Å²) in [6, 6.07) is 9.81. The largest absolute Gasteiger partial charge is 0.451 e. The van der Waals surface area contributed by atoms with Crippen molar-refractivity contribution >= 4 is 28.6 Å². The molecule has 0 atom stereocenters. The van der Waals surface area contributed by atoms with Crippen LogP contribution in [0.2, 0.25) is 0 Å². The monoisotopic (exact) mass is 325 g/mol. The fraction of sp³-hybridized carbons (Fsp3) is 0.235. The van der Waals surface area contributed by atoms with Crippen molar-refractivity contribution < 1.29 is 9.21 Å². The van der Waals surface area contributed by atoms with E-state index >= 15 is 0 Å². The van der Waals surface area contributed by atoms with Crippen molar-refractivity contribution in [3.63, 3.8) is 0 Å². The molecule has 116 valence electrons. The maximum absolute atomic E-state index is 12.5. The summed E-state index contributed by atoms with van der Waals surface area (Å²) < 4.78 is 5.81. The first-order chi connectivity index (χ1) is 11.3. The average molecular weight is 325 g/mol. The number of carbonyl (C=O) groups is 1. The zero-order chi connectivity index (χ0) is 15.6. The van der Waals surface area contributed by atoms with Gasteiger partial charge in [0, 0.05) is 35.1 Å². The number of para-hydroxylation sites is 1. The summed E-state index contributed by atoms with van der Waals surface area (Å²) in [5.41, 5.74) is 1.63. The minimum atomic E-state index is -0.131. The Morgan fingerprint density at radius 3 is 2.78 bits per heavy atom. The second-order valence-electron chi connectivity index (χ2n) is 5.47. The third kappa shape index (κ3) is 3.07. The van der Waals surface area contributed by atoms with E-state index in [0.29, 0.717) is 22.7 Å². The predicted octanol–water partition coefficient (Wildman–Crippen LogP) is 3.41. The number of amides is 1. The van der Waals surface area contributed by atoms with Gasteiger partial charge in [-0.25, -0.2) is 9.97 Å². The molecule has 1 aliphatic rings. The highest BCUT2D eigenvalue weighted by Crippen LogP contribution is 2.31. The molecule has 5 nitrogen and oxygen atoms in total. The zero-order valence-corrected chi connectivity index (χ0v) is 13.2. The van der Waals surface area contributed by atoms with Gasteiger partial charge >= 0.3 is 0 Å². The topological polar surface area (TPSA) is 68.0 Å². The van der Waals surface area contributed by atoms with E-state index in [1.54, 1.807) is 18.5 Å². The van der Waals surface area contributed by atoms with E-state index in [4.69, 9.17) is 4.42 Å². The molecule has 0 unspecified atom stereocenters. The summed E-state index contributed by atoms with van der Waals surface area (Å²) in [7, 11) is 0. The van der Waals surface area contributed by atoms with Gasteiger partial charge in [0.25, 0.3) is 5.91 Å². The highest BCUT2D eigenvalue weighted by molar-refractivity contribution is 7.98. The van der Waals surface area contributed by atoms with Gasteiger partial charge in [-0.3, -0.25) is 4.79 Å². The molecule has 1 N–H and O–H groups in total. The zero-order valence-electron chi connectivity index (χ0n) is 12.4. The molecule has 23 heavy (non-hydrogen) atoms. The summed E-state index contributed by atoms with van der Waals surface area (Å²) >= 11 is 1.50. The van der Waals surface area contributed by atoms with Gasteiger partial charge in [0.2, 0.25) is 0 Å². The summed E-state index contributed by atoms with van der Waals surface area (Å²) in [6.45, 7) is 0. The SMILES string of the molecule is O=C(NC1CC1)c1oc2ccccc2c1CSc1ncccn1. The molecule has 1 fully saturated rings. The number of thioether (sulfide) groups is 1. The fourth-order valence-corrected chi connectivity index (χ4v) is 3.23. The van der Waals surface area contributed by atoms with Crippen LogP contribution in [0.1, 0.15) is 29.0 Å². The molecular weight excluding hydrogens is 310 g/mol. The van der Waals surface area contributed by atoms with E-state index in [9.17, 15) is 4.79 Å². The van der Waals surface area contributed by atoms with Crippen LogP contribution in [0.3, 0.4) is 0 Å². The van der Waals surface area contributed by atoms with E-state index < -0.39 is 0 Å². The van der Waals surface area contributed by atoms with Crippen LogP contribution in [0.25, 0.3) is 11.0 Å². The summed E-state index contributed by atoms with van der Waals surface area (Å²) in [4.78, 5) is 20.9. The number of furan rings is 1. The molecule has 0 spiro atoms. The van der Waals surface area contributed by atoms with Crippen LogP contribution in [-0.2, 0) is 5.75 Å². The molecule has 2 aromatic heterocycles. The van der Waals surface area contributed by atoms with Crippen LogP contribution in [0.15, 0.2) is 52.3 Å². The molecule has 0 saturated heterocycles. The van der Waals surface area contributed by atoms with Crippen LogP contribution in [0.5, 0.6) is 0 Å².